The molecule has 0 aliphatic rings. The largest absolute Gasteiger partial charge is 0.472 e. The molecule has 4 heteroatoms. The quantitative estimate of drug-likeness (QED) is 0.722. The van der Waals surface area contributed by atoms with Crippen molar-refractivity contribution in [3.63, 3.8) is 0 Å². The van der Waals surface area contributed by atoms with E-state index >= 15 is 0 Å². The Morgan fingerprint density at radius 1 is 1.05 bits per heavy atom. The van der Waals surface area contributed by atoms with Crippen molar-refractivity contribution in [2.45, 2.75) is 6.61 Å². The second kappa shape index (κ2) is 5.63. The minimum Gasteiger partial charge on any atom is -0.472 e. The summed E-state index contributed by atoms with van der Waals surface area (Å²) in [5.74, 6) is 0.660. The molecule has 3 rings (SSSR count). The van der Waals surface area contributed by atoms with Gasteiger partial charge >= 0.3 is 0 Å². The van der Waals surface area contributed by atoms with Gasteiger partial charge in [0.05, 0.1) is 5.38 Å². The summed E-state index contributed by atoms with van der Waals surface area (Å²) in [6, 6.07) is 14.0. The molecule has 0 fully saturated rings. The minimum atomic E-state index is 0.539. The monoisotopic (exact) mass is 268 g/mol. The molecule has 0 atom stereocenters. The summed E-state index contributed by atoms with van der Waals surface area (Å²) in [4.78, 5) is 8.54. The average Bonchev–Trinajstić information content (AvgIpc) is 2.96. The third kappa shape index (κ3) is 2.98. The van der Waals surface area contributed by atoms with Gasteiger partial charge in [0.25, 0.3) is 0 Å². The Kier molecular flexibility index (Phi) is 3.51. The van der Waals surface area contributed by atoms with E-state index in [1.807, 2.05) is 47.8 Å². The van der Waals surface area contributed by atoms with E-state index < -0.39 is 0 Å². The Bertz CT molecular complexity index is 638. The van der Waals surface area contributed by atoms with Crippen LogP contribution < -0.4 is 4.74 Å². The number of nitrogens with zero attached hydrogens (tertiary/aromatic N) is 2. The number of hydrogen-bond acceptors (Lipinski definition) is 4. The van der Waals surface area contributed by atoms with Crippen LogP contribution in [0.3, 0.4) is 0 Å². The van der Waals surface area contributed by atoms with Gasteiger partial charge in [-0.1, -0.05) is 30.3 Å². The fourth-order valence-electron chi connectivity index (χ4n) is 1.68. The average molecular weight is 268 g/mol. The maximum absolute atomic E-state index is 5.67. The molecule has 0 saturated heterocycles. The van der Waals surface area contributed by atoms with Gasteiger partial charge in [0.15, 0.2) is 0 Å². The number of rotatable bonds is 4. The lowest BCUT2D eigenvalue weighted by molar-refractivity contribution is 0.296. The maximum Gasteiger partial charge on any atom is 0.225 e. The lowest BCUT2D eigenvalue weighted by atomic mass is 10.2. The standard InChI is InChI=1S/C15H12N2OS/c1-2-5-12(6-3-1)10-18-14-11-19-15(17-14)13-7-4-8-16-9-13/h1-9,11H,10H2. The molecule has 3 aromatic rings. The molecular formula is C15H12N2OS. The highest BCUT2D eigenvalue weighted by molar-refractivity contribution is 7.13. The van der Waals surface area contributed by atoms with Gasteiger partial charge < -0.3 is 4.74 Å². The topological polar surface area (TPSA) is 35.0 Å². The van der Waals surface area contributed by atoms with E-state index in [1.165, 1.54) is 0 Å². The summed E-state index contributed by atoms with van der Waals surface area (Å²) in [6.07, 6.45) is 3.56. The van der Waals surface area contributed by atoms with E-state index in [0.29, 0.717) is 12.5 Å². The second-order valence-corrected chi connectivity index (χ2v) is 4.86. The fourth-order valence-corrected chi connectivity index (χ4v) is 2.41. The second-order valence-electron chi connectivity index (χ2n) is 4.01. The first kappa shape index (κ1) is 11.9. The molecule has 19 heavy (non-hydrogen) atoms. The molecule has 0 amide bonds. The van der Waals surface area contributed by atoms with Crippen molar-refractivity contribution >= 4 is 11.3 Å². The van der Waals surface area contributed by atoms with Crippen molar-refractivity contribution in [1.82, 2.24) is 9.97 Å². The van der Waals surface area contributed by atoms with Crippen LogP contribution >= 0.6 is 11.3 Å². The zero-order valence-electron chi connectivity index (χ0n) is 10.2. The Morgan fingerprint density at radius 3 is 2.74 bits per heavy atom. The van der Waals surface area contributed by atoms with E-state index in [9.17, 15) is 0 Å². The van der Waals surface area contributed by atoms with Crippen LogP contribution in [-0.4, -0.2) is 9.97 Å². The third-order valence-corrected chi connectivity index (χ3v) is 3.49. The normalized spacial score (nSPS) is 10.3. The predicted molar refractivity (Wildman–Crippen MR) is 76.1 cm³/mol. The zero-order chi connectivity index (χ0) is 12.9. The first-order chi connectivity index (χ1) is 9.42. The highest BCUT2D eigenvalue weighted by atomic mass is 32.1. The number of hydrogen-bond donors (Lipinski definition) is 0. The van der Waals surface area contributed by atoms with Crippen LogP contribution in [0.2, 0.25) is 0 Å². The predicted octanol–water partition coefficient (Wildman–Crippen LogP) is 3.78. The molecule has 2 aromatic heterocycles. The maximum atomic E-state index is 5.67. The van der Waals surface area contributed by atoms with Crippen LogP contribution in [0.25, 0.3) is 10.6 Å². The summed E-state index contributed by atoms with van der Waals surface area (Å²) in [7, 11) is 0. The smallest absolute Gasteiger partial charge is 0.225 e. The SMILES string of the molecule is c1ccc(COc2csc(-c3cccnc3)n2)cc1. The van der Waals surface area contributed by atoms with Gasteiger partial charge in [0.2, 0.25) is 5.88 Å². The number of thiazole rings is 1. The van der Waals surface area contributed by atoms with E-state index in [0.717, 1.165) is 16.1 Å². The lowest BCUT2D eigenvalue weighted by Crippen LogP contribution is -1.94. The Labute approximate surface area is 115 Å². The molecule has 3 nitrogen and oxygen atoms in total. The van der Waals surface area contributed by atoms with Crippen LogP contribution in [0.15, 0.2) is 60.2 Å². The van der Waals surface area contributed by atoms with Gasteiger partial charge in [-0.25, -0.2) is 4.98 Å². The van der Waals surface area contributed by atoms with Crippen LogP contribution in [0, 0.1) is 0 Å². The number of pyridine rings is 1. The number of aromatic nitrogens is 2. The molecule has 0 aliphatic carbocycles. The molecule has 0 bridgehead atoms. The number of ether oxygens (including phenoxy) is 1. The molecule has 0 N–H and O–H groups in total. The molecule has 0 radical (unpaired) electrons. The highest BCUT2D eigenvalue weighted by Gasteiger charge is 2.05. The molecule has 0 unspecified atom stereocenters. The number of benzene rings is 1. The van der Waals surface area contributed by atoms with Gasteiger partial charge in [0, 0.05) is 18.0 Å². The Balaban J connectivity index is 1.69. The van der Waals surface area contributed by atoms with E-state index in [-0.39, 0.29) is 0 Å². The lowest BCUT2D eigenvalue weighted by Gasteiger charge is -2.02. The fraction of sp³-hybridized carbons (Fsp3) is 0.0667. The summed E-state index contributed by atoms with van der Waals surface area (Å²) >= 11 is 1.56. The summed E-state index contributed by atoms with van der Waals surface area (Å²) < 4.78 is 5.67. The highest BCUT2D eigenvalue weighted by Crippen LogP contribution is 2.26. The Morgan fingerprint density at radius 2 is 1.95 bits per heavy atom. The van der Waals surface area contributed by atoms with Gasteiger partial charge in [-0.2, -0.15) is 0 Å². The molecule has 0 saturated carbocycles. The molecule has 0 spiro atoms. The van der Waals surface area contributed by atoms with Gasteiger partial charge in [-0.15, -0.1) is 11.3 Å². The molecule has 94 valence electrons. The van der Waals surface area contributed by atoms with E-state index in [4.69, 9.17) is 4.74 Å². The summed E-state index contributed by atoms with van der Waals surface area (Å²) in [5, 5.41) is 2.85. The molecule has 1 aromatic carbocycles. The third-order valence-electron chi connectivity index (χ3n) is 2.62. The van der Waals surface area contributed by atoms with Crippen molar-refractivity contribution in [3.8, 4) is 16.5 Å². The molecule has 2 heterocycles. The van der Waals surface area contributed by atoms with E-state index in [1.54, 1.807) is 23.7 Å². The first-order valence-corrected chi connectivity index (χ1v) is 6.82. The first-order valence-electron chi connectivity index (χ1n) is 5.94. The van der Waals surface area contributed by atoms with Crippen LogP contribution in [-0.2, 0) is 6.61 Å². The van der Waals surface area contributed by atoms with Gasteiger partial charge in [-0.05, 0) is 17.7 Å². The van der Waals surface area contributed by atoms with Crippen molar-refractivity contribution < 1.29 is 4.74 Å². The minimum absolute atomic E-state index is 0.539. The van der Waals surface area contributed by atoms with Crippen molar-refractivity contribution in [1.29, 1.82) is 0 Å². The van der Waals surface area contributed by atoms with Gasteiger partial charge in [0.1, 0.15) is 11.6 Å². The van der Waals surface area contributed by atoms with Crippen LogP contribution in [0.4, 0.5) is 0 Å². The van der Waals surface area contributed by atoms with Crippen LogP contribution in [0.5, 0.6) is 5.88 Å². The zero-order valence-corrected chi connectivity index (χ0v) is 11.0. The van der Waals surface area contributed by atoms with Gasteiger partial charge in [-0.3, -0.25) is 4.98 Å². The summed E-state index contributed by atoms with van der Waals surface area (Å²) in [5.41, 5.74) is 2.15. The molecule has 0 aliphatic heterocycles. The Hall–Kier alpha value is -2.20. The molecular weight excluding hydrogens is 256 g/mol. The van der Waals surface area contributed by atoms with Crippen molar-refractivity contribution in [3.05, 3.63) is 65.8 Å². The van der Waals surface area contributed by atoms with Crippen molar-refractivity contribution in [2.24, 2.45) is 0 Å². The summed E-state index contributed by atoms with van der Waals surface area (Å²) in [6.45, 7) is 0.539. The van der Waals surface area contributed by atoms with E-state index in [2.05, 4.69) is 9.97 Å². The van der Waals surface area contributed by atoms with Crippen molar-refractivity contribution in [2.75, 3.05) is 0 Å². The van der Waals surface area contributed by atoms with Crippen LogP contribution in [0.1, 0.15) is 5.56 Å².